The lowest BCUT2D eigenvalue weighted by Crippen LogP contribution is -2.25. The van der Waals surface area contributed by atoms with Crippen molar-refractivity contribution in [3.63, 3.8) is 0 Å². The number of carbonyl (C=O) groups is 2. The summed E-state index contributed by atoms with van der Waals surface area (Å²) in [5.74, 6) is -1.45. The number of hydrogen-bond acceptors (Lipinski definition) is 15. The van der Waals surface area contributed by atoms with Crippen LogP contribution in [0.5, 0.6) is 17.4 Å². The number of aromatic nitrogens is 6. The smallest absolute Gasteiger partial charge is 0.388 e. The first kappa shape index (κ1) is 61.7. The Balaban J connectivity index is 0.000000171. The van der Waals surface area contributed by atoms with Gasteiger partial charge in [-0.2, -0.15) is 17.6 Å². The zero-order valence-corrected chi connectivity index (χ0v) is 51.5. The molecule has 0 spiro atoms. The van der Waals surface area contributed by atoms with Crippen LogP contribution in [0.15, 0.2) is 147 Å². The Morgan fingerprint density at radius 3 is 1.50 bits per heavy atom. The molecule has 10 heterocycles. The van der Waals surface area contributed by atoms with E-state index >= 15 is 0 Å². The second kappa shape index (κ2) is 23.2. The molecule has 94 heavy (non-hydrogen) atoms. The van der Waals surface area contributed by atoms with Gasteiger partial charge in [-0.05, 0) is 84.9 Å². The number of rotatable bonds is 13. The van der Waals surface area contributed by atoms with Gasteiger partial charge in [-0.3, -0.25) is 27.6 Å². The summed E-state index contributed by atoms with van der Waals surface area (Å²) in [6.07, 6.45) is 4.16. The maximum absolute atomic E-state index is 14.7. The van der Waals surface area contributed by atoms with E-state index in [1.54, 1.807) is 75.9 Å². The van der Waals surface area contributed by atoms with Crippen molar-refractivity contribution >= 4 is 87.0 Å². The van der Waals surface area contributed by atoms with E-state index in [0.717, 1.165) is 33.4 Å². The molecule has 0 radical (unpaired) electrons. The number of nitrogens with zero attached hydrogens (tertiary/aromatic N) is 8. The topological polar surface area (TPSA) is 257 Å². The number of benzene rings is 4. The second-order valence-electron chi connectivity index (χ2n) is 21.6. The molecule has 2 aliphatic rings. The van der Waals surface area contributed by atoms with Gasteiger partial charge in [0.1, 0.15) is 57.2 Å². The third-order valence-electron chi connectivity index (χ3n) is 16.1. The van der Waals surface area contributed by atoms with Crippen LogP contribution < -0.4 is 39.0 Å². The summed E-state index contributed by atoms with van der Waals surface area (Å²) in [7, 11) is -2.13. The summed E-state index contributed by atoms with van der Waals surface area (Å²) in [5, 5.41) is 6.42. The first-order valence-corrected chi connectivity index (χ1v) is 31.8. The standard InChI is InChI=1S/2C32H24F3N5O6S/c1-36-31(42)28-19-11-18(21-8-9-25-29(37-21)24-12-17-20(33)5-4-6-22(17)40(24)15-45-25)23(38(2)47(3,43)44)13-26(19)46-30(28)16-7-10-27(41)39(14-16)32(34)35;1-36-31(41)28-19-11-18(21-8-9-25-29(38-21)24-12-17-20(33)5-4-6-22(17)40(24)15-44-25)23(39(2)47(3,42)43)13-26(19)45-30(28)16-7-10-27(37-14-16)46-32(34)35/h4-14,32H,15H2,1-3H3,(H,36,42);4-14,32H,15H2,1-3H3,(H,36,41). The molecule has 0 saturated heterocycles. The van der Waals surface area contributed by atoms with Crippen molar-refractivity contribution in [1.82, 2.24) is 39.3 Å². The van der Waals surface area contributed by atoms with Crippen LogP contribution >= 0.6 is 0 Å². The van der Waals surface area contributed by atoms with Crippen molar-refractivity contribution in [2.75, 3.05) is 49.3 Å². The molecule has 0 bridgehead atoms. The highest BCUT2D eigenvalue weighted by Crippen LogP contribution is 2.47. The molecule has 8 aromatic heterocycles. The molecule has 2 N–H and O–H groups in total. The van der Waals surface area contributed by atoms with E-state index < -0.39 is 62.2 Å². The molecule has 0 saturated carbocycles. The SMILES string of the molecule is CNC(=O)c1c(-c2ccc(=O)n(C(F)F)c2)oc2cc(N(C)S(C)(=O)=O)c(-c3ccc4c(n3)-c3cc5c(F)cccc5n3CO4)cc12.CNC(=O)c1c(-c2ccc(OC(F)F)nc2)oc2cc(N(C)S(C)(=O)=O)c(-c3ccc4c(n3)-c3cc5c(F)cccc5n3CO4)cc12. The quantitative estimate of drug-likeness (QED) is 0.102. The Hall–Kier alpha value is -11.1. The van der Waals surface area contributed by atoms with Gasteiger partial charge in [0.2, 0.25) is 25.9 Å². The average molecular weight is 1330 g/mol. The highest BCUT2D eigenvalue weighted by molar-refractivity contribution is 7.92. The average Bonchev–Trinajstić information content (AvgIpc) is 1.51. The lowest BCUT2D eigenvalue weighted by Gasteiger charge is -2.23. The summed E-state index contributed by atoms with van der Waals surface area (Å²) in [6, 6.07) is 30.3. The first-order chi connectivity index (χ1) is 44.8. The zero-order valence-electron chi connectivity index (χ0n) is 49.8. The Labute approximate surface area is 527 Å². The third-order valence-corrected chi connectivity index (χ3v) is 18.4. The number of hydrogen-bond donors (Lipinski definition) is 2. The molecule has 2 aliphatic heterocycles. The van der Waals surface area contributed by atoms with Crippen LogP contribution in [-0.2, 0) is 33.5 Å². The number of nitrogens with one attached hydrogen (secondary N) is 2. The van der Waals surface area contributed by atoms with Crippen molar-refractivity contribution in [1.29, 1.82) is 0 Å². The van der Waals surface area contributed by atoms with Crippen LogP contribution in [0.4, 0.5) is 37.7 Å². The largest absolute Gasteiger partial charge is 0.470 e. The molecule has 480 valence electrons. The second-order valence-corrected chi connectivity index (χ2v) is 25.6. The number of furan rings is 2. The maximum Gasteiger partial charge on any atom is 0.388 e. The van der Waals surface area contributed by atoms with Gasteiger partial charge in [0.25, 0.3) is 17.4 Å². The van der Waals surface area contributed by atoms with Crippen LogP contribution in [0.3, 0.4) is 0 Å². The van der Waals surface area contributed by atoms with Crippen molar-refractivity contribution < 1.29 is 75.8 Å². The number of fused-ring (bicyclic) bond motifs is 12. The fraction of sp³-hybridized carbons (Fsp3) is 0.156. The molecule has 0 atom stereocenters. The van der Waals surface area contributed by atoms with E-state index in [9.17, 15) is 57.6 Å². The van der Waals surface area contributed by atoms with Crippen LogP contribution in [0.25, 0.3) is 112 Å². The number of pyridine rings is 4. The van der Waals surface area contributed by atoms with Gasteiger partial charge >= 0.3 is 13.2 Å². The summed E-state index contributed by atoms with van der Waals surface area (Å²) in [5.41, 5.74) is 4.42. The number of alkyl halides is 4. The minimum atomic E-state index is -3.85. The van der Waals surface area contributed by atoms with Gasteiger partial charge in [0.05, 0.1) is 68.8 Å². The van der Waals surface area contributed by atoms with Crippen molar-refractivity contribution in [3.05, 3.63) is 167 Å². The van der Waals surface area contributed by atoms with Crippen LogP contribution in [0, 0.1) is 11.6 Å². The number of halogens is 6. The minimum Gasteiger partial charge on any atom is -0.470 e. The number of anilines is 2. The predicted octanol–water partition coefficient (Wildman–Crippen LogP) is 11.6. The number of amides is 2. The molecule has 0 aliphatic carbocycles. The Kier molecular flexibility index (Phi) is 15.2. The van der Waals surface area contributed by atoms with Gasteiger partial charge in [0.15, 0.2) is 13.5 Å². The third kappa shape index (κ3) is 10.7. The molecular formula is C64H48F6N10O12S2. The summed E-state index contributed by atoms with van der Waals surface area (Å²) in [6.45, 7) is -5.96. The lowest BCUT2D eigenvalue weighted by molar-refractivity contribution is -0.0528. The molecule has 22 nitrogen and oxygen atoms in total. The number of carbonyl (C=O) groups excluding carboxylic acids is 2. The molecule has 14 rings (SSSR count). The Morgan fingerprint density at radius 2 is 1.07 bits per heavy atom. The van der Waals surface area contributed by atoms with Gasteiger partial charge < -0.3 is 42.8 Å². The monoisotopic (exact) mass is 1330 g/mol. The first-order valence-electron chi connectivity index (χ1n) is 28.1. The van der Waals surface area contributed by atoms with Crippen LogP contribution in [-0.4, -0.2) is 105 Å². The normalized spacial score (nSPS) is 12.6. The van der Waals surface area contributed by atoms with Crippen LogP contribution in [0.1, 0.15) is 27.3 Å². The van der Waals surface area contributed by atoms with Gasteiger partial charge in [-0.1, -0.05) is 12.1 Å². The molecule has 2 amide bonds. The van der Waals surface area contributed by atoms with E-state index in [4.69, 9.17) is 28.3 Å². The highest BCUT2D eigenvalue weighted by Gasteiger charge is 2.32. The van der Waals surface area contributed by atoms with E-state index in [0.29, 0.717) is 72.7 Å². The van der Waals surface area contributed by atoms with E-state index in [-0.39, 0.29) is 96.9 Å². The molecular weight excluding hydrogens is 1280 g/mol. The molecule has 0 fully saturated rings. The van der Waals surface area contributed by atoms with Gasteiger partial charge in [-0.15, -0.1) is 0 Å². The molecule has 12 aromatic rings. The number of sulfonamides is 2. The molecule has 30 heteroatoms. The van der Waals surface area contributed by atoms with E-state index in [1.165, 1.54) is 82.9 Å². The van der Waals surface area contributed by atoms with Crippen molar-refractivity contribution in [3.8, 4) is 85.3 Å². The van der Waals surface area contributed by atoms with E-state index in [1.807, 2.05) is 0 Å². The van der Waals surface area contributed by atoms with Crippen LogP contribution in [0.2, 0.25) is 0 Å². The lowest BCUT2D eigenvalue weighted by atomic mass is 10.0. The summed E-state index contributed by atoms with van der Waals surface area (Å²) < 4.78 is 167. The summed E-state index contributed by atoms with van der Waals surface area (Å²) >= 11 is 0. The number of ether oxygens (including phenoxy) is 3. The summed E-state index contributed by atoms with van der Waals surface area (Å²) in [4.78, 5) is 52.2. The van der Waals surface area contributed by atoms with Gasteiger partial charge in [0, 0.05) is 109 Å². The van der Waals surface area contributed by atoms with Crippen molar-refractivity contribution in [2.24, 2.45) is 0 Å². The molecule has 4 aromatic carbocycles. The maximum atomic E-state index is 14.7. The van der Waals surface area contributed by atoms with Gasteiger partial charge in [-0.25, -0.2) is 40.6 Å². The highest BCUT2D eigenvalue weighted by atomic mass is 32.2. The Morgan fingerprint density at radius 1 is 0.606 bits per heavy atom. The minimum absolute atomic E-state index is 0.0170. The van der Waals surface area contributed by atoms with E-state index in [2.05, 4.69) is 20.4 Å². The Bertz CT molecular complexity index is 5460. The fourth-order valence-electron chi connectivity index (χ4n) is 11.4. The predicted molar refractivity (Wildman–Crippen MR) is 336 cm³/mol. The zero-order chi connectivity index (χ0) is 66.6. The molecule has 0 unspecified atom stereocenters. The van der Waals surface area contributed by atoms with Crippen molar-refractivity contribution in [2.45, 2.75) is 26.6 Å². The fourth-order valence-corrected chi connectivity index (χ4v) is 12.4.